The van der Waals surface area contributed by atoms with Crippen molar-refractivity contribution in [3.63, 3.8) is 0 Å². The third-order valence-corrected chi connectivity index (χ3v) is 5.93. The molecule has 0 aliphatic carbocycles. The molecule has 1 saturated heterocycles. The van der Waals surface area contributed by atoms with Crippen LogP contribution in [-0.4, -0.2) is 46.4 Å². The van der Waals surface area contributed by atoms with Crippen LogP contribution in [0.1, 0.15) is 22.7 Å². The van der Waals surface area contributed by atoms with Gasteiger partial charge in [-0.1, -0.05) is 12.1 Å². The molecule has 172 valence electrons. The van der Waals surface area contributed by atoms with Crippen LogP contribution >= 0.6 is 0 Å². The molecule has 8 heteroatoms. The predicted octanol–water partition coefficient (Wildman–Crippen LogP) is 3.66. The van der Waals surface area contributed by atoms with E-state index in [1.54, 1.807) is 54.9 Å². The summed E-state index contributed by atoms with van der Waals surface area (Å²) in [5.74, 6) is -1.10. The number of aliphatic hydroxyl groups is 1. The van der Waals surface area contributed by atoms with Crippen LogP contribution in [0.3, 0.4) is 0 Å². The van der Waals surface area contributed by atoms with Gasteiger partial charge >= 0.3 is 0 Å². The predicted molar refractivity (Wildman–Crippen MR) is 121 cm³/mol. The monoisotopic (exact) mass is 460 g/mol. The van der Waals surface area contributed by atoms with Crippen molar-refractivity contribution < 1.29 is 28.6 Å². The SMILES string of the molecule is O=C1C(=O)N(CCc2ccc(F)cc2)C(c2ccncc2)/C1=C(/O)c1ccc2c(c1)OCCO2. The standard InChI is InChI=1S/C26H21FN2O5/c27-19-4-1-16(2-5-19)9-12-29-23(17-7-10-28-11-8-17)22(25(31)26(29)32)24(30)18-3-6-20-21(15-18)34-14-13-33-20/h1-8,10-11,15,23,30H,9,12-14H2/b24-22-. The number of Topliss-reactive ketones (excluding diaryl/α,β-unsaturated/α-hetero) is 1. The molecule has 2 aliphatic heterocycles. The van der Waals surface area contributed by atoms with Gasteiger partial charge in [0, 0.05) is 24.5 Å². The molecule has 2 aliphatic rings. The number of carbonyl (C=O) groups is 2. The molecule has 3 heterocycles. The molecule has 34 heavy (non-hydrogen) atoms. The normalized spacial score (nSPS) is 18.9. The van der Waals surface area contributed by atoms with Crippen molar-refractivity contribution in [2.75, 3.05) is 19.8 Å². The van der Waals surface area contributed by atoms with Crippen molar-refractivity contribution >= 4 is 17.4 Å². The minimum Gasteiger partial charge on any atom is -0.507 e. The number of likely N-dealkylation sites (tertiary alicyclic amines) is 1. The highest BCUT2D eigenvalue weighted by Gasteiger charge is 2.45. The number of amides is 1. The Morgan fingerprint density at radius 1 is 1.00 bits per heavy atom. The lowest BCUT2D eigenvalue weighted by Gasteiger charge is -2.25. The number of hydrogen-bond donors (Lipinski definition) is 1. The molecule has 1 N–H and O–H groups in total. The molecule has 1 fully saturated rings. The van der Waals surface area contributed by atoms with Gasteiger partial charge in [0.15, 0.2) is 11.5 Å². The number of halogens is 1. The Kier molecular flexibility index (Phi) is 5.71. The molecule has 1 unspecified atom stereocenters. The Morgan fingerprint density at radius 2 is 1.71 bits per heavy atom. The van der Waals surface area contributed by atoms with E-state index in [0.717, 1.165) is 5.56 Å². The lowest BCUT2D eigenvalue weighted by atomic mass is 9.95. The Balaban J connectivity index is 1.54. The van der Waals surface area contributed by atoms with Gasteiger partial charge in [-0.15, -0.1) is 0 Å². The molecular weight excluding hydrogens is 439 g/mol. The summed E-state index contributed by atoms with van der Waals surface area (Å²) < 4.78 is 24.4. The lowest BCUT2D eigenvalue weighted by Crippen LogP contribution is -2.31. The second-order valence-electron chi connectivity index (χ2n) is 8.01. The topological polar surface area (TPSA) is 89.0 Å². The van der Waals surface area contributed by atoms with Crippen LogP contribution in [0.25, 0.3) is 5.76 Å². The fraction of sp³-hybridized carbons (Fsp3) is 0.192. The van der Waals surface area contributed by atoms with Crippen molar-refractivity contribution in [1.29, 1.82) is 0 Å². The number of benzene rings is 2. The smallest absolute Gasteiger partial charge is 0.295 e. The zero-order valence-corrected chi connectivity index (χ0v) is 18.1. The summed E-state index contributed by atoms with van der Waals surface area (Å²) in [7, 11) is 0. The van der Waals surface area contributed by atoms with Gasteiger partial charge in [-0.05, 0) is 60.0 Å². The maximum absolute atomic E-state index is 13.3. The summed E-state index contributed by atoms with van der Waals surface area (Å²) in [5.41, 5.74) is 1.81. The highest BCUT2D eigenvalue weighted by atomic mass is 19.1. The zero-order valence-electron chi connectivity index (χ0n) is 18.1. The number of carbonyl (C=O) groups excluding carboxylic acids is 2. The van der Waals surface area contributed by atoms with Crippen LogP contribution in [0, 0.1) is 5.82 Å². The third-order valence-electron chi connectivity index (χ3n) is 5.93. The van der Waals surface area contributed by atoms with Crippen LogP contribution in [0.2, 0.25) is 0 Å². The van der Waals surface area contributed by atoms with Gasteiger partial charge in [0.25, 0.3) is 11.7 Å². The van der Waals surface area contributed by atoms with Crippen LogP contribution in [-0.2, 0) is 16.0 Å². The Hall–Kier alpha value is -4.20. The van der Waals surface area contributed by atoms with E-state index >= 15 is 0 Å². The molecule has 1 amide bonds. The van der Waals surface area contributed by atoms with E-state index in [9.17, 15) is 19.1 Å². The second kappa shape index (κ2) is 8.97. The molecule has 0 radical (unpaired) electrons. The van der Waals surface area contributed by atoms with E-state index in [4.69, 9.17) is 9.47 Å². The fourth-order valence-corrected chi connectivity index (χ4v) is 4.25. The maximum atomic E-state index is 13.3. The van der Waals surface area contributed by atoms with Crippen molar-refractivity contribution in [2.45, 2.75) is 12.5 Å². The van der Waals surface area contributed by atoms with Gasteiger partial charge in [0.2, 0.25) is 0 Å². The van der Waals surface area contributed by atoms with Crippen molar-refractivity contribution in [3.05, 3.63) is 95.1 Å². The largest absolute Gasteiger partial charge is 0.507 e. The number of fused-ring (bicyclic) bond motifs is 1. The second-order valence-corrected chi connectivity index (χ2v) is 8.01. The molecule has 1 aromatic heterocycles. The molecule has 7 nitrogen and oxygen atoms in total. The summed E-state index contributed by atoms with van der Waals surface area (Å²) in [6, 6.07) is 13.5. The fourth-order valence-electron chi connectivity index (χ4n) is 4.25. The first-order valence-electron chi connectivity index (χ1n) is 10.9. The van der Waals surface area contributed by atoms with E-state index in [1.165, 1.54) is 17.0 Å². The molecule has 0 spiro atoms. The summed E-state index contributed by atoms with van der Waals surface area (Å²) in [4.78, 5) is 31.6. The van der Waals surface area contributed by atoms with E-state index in [1.807, 2.05) is 0 Å². The highest BCUT2D eigenvalue weighted by Crippen LogP contribution is 2.41. The van der Waals surface area contributed by atoms with Crippen molar-refractivity contribution in [1.82, 2.24) is 9.88 Å². The van der Waals surface area contributed by atoms with E-state index < -0.39 is 17.7 Å². The number of pyridine rings is 1. The molecule has 1 atom stereocenters. The van der Waals surface area contributed by atoms with E-state index in [-0.39, 0.29) is 23.7 Å². The summed E-state index contributed by atoms with van der Waals surface area (Å²) in [6.07, 6.45) is 3.55. The van der Waals surface area contributed by atoms with Gasteiger partial charge in [-0.2, -0.15) is 0 Å². The number of rotatable bonds is 5. The molecule has 0 saturated carbocycles. The minimum atomic E-state index is -0.795. The van der Waals surface area contributed by atoms with Gasteiger partial charge in [-0.3, -0.25) is 14.6 Å². The quantitative estimate of drug-likeness (QED) is 0.355. The number of hydrogen-bond acceptors (Lipinski definition) is 6. The van der Waals surface area contributed by atoms with E-state index in [0.29, 0.717) is 42.3 Å². The van der Waals surface area contributed by atoms with Crippen molar-refractivity contribution in [2.24, 2.45) is 0 Å². The van der Waals surface area contributed by atoms with Gasteiger partial charge in [-0.25, -0.2) is 4.39 Å². The molecule has 5 rings (SSSR count). The summed E-state index contributed by atoms with van der Waals surface area (Å²) in [6.45, 7) is 1.02. The average Bonchev–Trinajstić information content (AvgIpc) is 3.13. The first-order chi connectivity index (χ1) is 16.5. The Morgan fingerprint density at radius 3 is 2.44 bits per heavy atom. The number of nitrogens with zero attached hydrogens (tertiary/aromatic N) is 2. The number of aliphatic hydroxyl groups excluding tert-OH is 1. The third kappa shape index (κ3) is 3.98. The Labute approximate surface area is 195 Å². The first-order valence-corrected chi connectivity index (χ1v) is 10.9. The molecule has 0 bridgehead atoms. The number of aromatic nitrogens is 1. The zero-order chi connectivity index (χ0) is 23.7. The van der Waals surface area contributed by atoms with Gasteiger partial charge < -0.3 is 19.5 Å². The summed E-state index contributed by atoms with van der Waals surface area (Å²) in [5, 5.41) is 11.2. The molecule has 3 aromatic rings. The number of ether oxygens (including phenoxy) is 2. The number of ketones is 1. The average molecular weight is 460 g/mol. The maximum Gasteiger partial charge on any atom is 0.295 e. The highest BCUT2D eigenvalue weighted by molar-refractivity contribution is 6.46. The summed E-state index contributed by atoms with van der Waals surface area (Å²) >= 11 is 0. The minimum absolute atomic E-state index is 0.00742. The molecule has 2 aromatic carbocycles. The Bertz CT molecular complexity index is 1270. The molecular formula is C26H21FN2O5. The van der Waals surface area contributed by atoms with Crippen LogP contribution < -0.4 is 9.47 Å². The van der Waals surface area contributed by atoms with Gasteiger partial charge in [0.05, 0.1) is 11.6 Å². The lowest BCUT2D eigenvalue weighted by molar-refractivity contribution is -0.139. The van der Waals surface area contributed by atoms with Crippen LogP contribution in [0.5, 0.6) is 11.5 Å². The van der Waals surface area contributed by atoms with Crippen LogP contribution in [0.4, 0.5) is 4.39 Å². The van der Waals surface area contributed by atoms with Gasteiger partial charge in [0.1, 0.15) is 24.8 Å². The van der Waals surface area contributed by atoms with Crippen LogP contribution in [0.15, 0.2) is 72.6 Å². The van der Waals surface area contributed by atoms with E-state index in [2.05, 4.69) is 4.98 Å². The van der Waals surface area contributed by atoms with Crippen molar-refractivity contribution in [3.8, 4) is 11.5 Å². The first kappa shape index (κ1) is 21.6.